The molecule has 0 atom stereocenters. The van der Waals surface area contributed by atoms with E-state index in [2.05, 4.69) is 53.6 Å². The molecule has 0 spiro atoms. The molecule has 0 aromatic carbocycles. The second kappa shape index (κ2) is 3.43. The van der Waals surface area contributed by atoms with Crippen molar-refractivity contribution in [2.75, 3.05) is 0 Å². The fraction of sp³-hybridized carbons (Fsp3) is 0.143. The van der Waals surface area contributed by atoms with Gasteiger partial charge in [-0.1, -0.05) is 36.5 Å². The number of aromatic amines is 1. The summed E-state index contributed by atoms with van der Waals surface area (Å²) in [5, 5.41) is 0. The lowest BCUT2D eigenvalue weighted by Crippen LogP contribution is -1.76. The van der Waals surface area contributed by atoms with Gasteiger partial charge >= 0.3 is 0 Å². The quantitative estimate of drug-likeness (QED) is 0.646. The molecule has 0 saturated heterocycles. The van der Waals surface area contributed by atoms with E-state index in [0.717, 1.165) is 12.8 Å². The highest BCUT2D eigenvalue weighted by atomic mass is 14.7. The van der Waals surface area contributed by atoms with Gasteiger partial charge in [-0.2, -0.15) is 0 Å². The zero-order valence-electron chi connectivity index (χ0n) is 8.53. The van der Waals surface area contributed by atoms with Crippen LogP contribution in [-0.4, -0.2) is 4.98 Å². The standard InChI is InChI=1S/C14H13N/c1-3-7-11-12-8-4-2-6-10-14(12)15-13(11)9-5-1/h3-10,15H,1-2H2. The Kier molecular flexibility index (Phi) is 1.95. The summed E-state index contributed by atoms with van der Waals surface area (Å²) in [5.74, 6) is 0. The number of hydrogen-bond acceptors (Lipinski definition) is 0. The van der Waals surface area contributed by atoms with Crippen LogP contribution in [0.25, 0.3) is 24.3 Å². The van der Waals surface area contributed by atoms with Gasteiger partial charge in [0, 0.05) is 22.5 Å². The Labute approximate surface area is 89.5 Å². The summed E-state index contributed by atoms with van der Waals surface area (Å²) >= 11 is 0. The topological polar surface area (TPSA) is 15.8 Å². The Morgan fingerprint density at radius 2 is 1.13 bits per heavy atom. The molecule has 1 nitrogen and oxygen atoms in total. The van der Waals surface area contributed by atoms with Crippen LogP contribution in [0.2, 0.25) is 0 Å². The number of hydrogen-bond donors (Lipinski definition) is 1. The molecule has 0 bridgehead atoms. The smallest absolute Gasteiger partial charge is 0.0461 e. The van der Waals surface area contributed by atoms with Crippen LogP contribution in [0, 0.1) is 0 Å². The van der Waals surface area contributed by atoms with Crippen LogP contribution in [0.15, 0.2) is 24.3 Å². The van der Waals surface area contributed by atoms with Gasteiger partial charge in [0.05, 0.1) is 0 Å². The molecule has 1 N–H and O–H groups in total. The lowest BCUT2D eigenvalue weighted by molar-refractivity contribution is 1.33. The molecule has 0 unspecified atom stereocenters. The lowest BCUT2D eigenvalue weighted by atomic mass is 10.1. The first-order valence-corrected chi connectivity index (χ1v) is 5.37. The minimum absolute atomic E-state index is 1.02. The predicted octanol–water partition coefficient (Wildman–Crippen LogP) is 3.87. The van der Waals surface area contributed by atoms with Crippen molar-refractivity contribution in [2.24, 2.45) is 0 Å². The summed E-state index contributed by atoms with van der Waals surface area (Å²) in [4.78, 5) is 3.46. The first kappa shape index (κ1) is 8.54. The summed E-state index contributed by atoms with van der Waals surface area (Å²) in [6.07, 6.45) is 19.6. The third-order valence-corrected chi connectivity index (χ3v) is 2.82. The summed E-state index contributed by atoms with van der Waals surface area (Å²) in [6, 6.07) is 0. The molecule has 1 heteroatoms. The van der Waals surface area contributed by atoms with Gasteiger partial charge in [0.1, 0.15) is 0 Å². The highest BCUT2D eigenvalue weighted by Gasteiger charge is 2.11. The minimum atomic E-state index is 1.02. The van der Waals surface area contributed by atoms with Crippen molar-refractivity contribution in [3.8, 4) is 0 Å². The Balaban J connectivity index is 2.26. The number of rotatable bonds is 0. The normalized spacial score (nSPS) is 17.1. The van der Waals surface area contributed by atoms with E-state index in [1.807, 2.05) is 0 Å². The van der Waals surface area contributed by atoms with Crippen molar-refractivity contribution in [1.82, 2.24) is 4.98 Å². The molecule has 0 fully saturated rings. The Hall–Kier alpha value is -1.76. The van der Waals surface area contributed by atoms with Gasteiger partial charge in [-0.05, 0) is 25.0 Å². The molecule has 1 aromatic heterocycles. The van der Waals surface area contributed by atoms with Gasteiger partial charge in [0.15, 0.2) is 0 Å². The van der Waals surface area contributed by atoms with Gasteiger partial charge in [-0.15, -0.1) is 0 Å². The Bertz CT molecular complexity index is 451. The summed E-state index contributed by atoms with van der Waals surface area (Å²) < 4.78 is 0. The van der Waals surface area contributed by atoms with Crippen molar-refractivity contribution in [3.05, 3.63) is 46.8 Å². The fourth-order valence-electron chi connectivity index (χ4n) is 2.09. The van der Waals surface area contributed by atoms with Crippen LogP contribution >= 0.6 is 0 Å². The van der Waals surface area contributed by atoms with Crippen LogP contribution in [-0.2, 0) is 0 Å². The van der Waals surface area contributed by atoms with Crippen molar-refractivity contribution in [1.29, 1.82) is 0 Å². The van der Waals surface area contributed by atoms with Crippen molar-refractivity contribution < 1.29 is 0 Å². The van der Waals surface area contributed by atoms with Crippen molar-refractivity contribution >= 4 is 24.3 Å². The van der Waals surface area contributed by atoms with E-state index >= 15 is 0 Å². The third-order valence-electron chi connectivity index (χ3n) is 2.82. The van der Waals surface area contributed by atoms with E-state index in [4.69, 9.17) is 0 Å². The van der Waals surface area contributed by atoms with Crippen molar-refractivity contribution in [3.63, 3.8) is 0 Å². The molecule has 0 aliphatic heterocycles. The first-order chi connectivity index (χ1) is 7.45. The van der Waals surface area contributed by atoms with E-state index < -0.39 is 0 Å². The maximum Gasteiger partial charge on any atom is 0.0461 e. The summed E-state index contributed by atoms with van der Waals surface area (Å²) in [7, 11) is 0. The average molecular weight is 195 g/mol. The highest BCUT2D eigenvalue weighted by molar-refractivity contribution is 5.80. The van der Waals surface area contributed by atoms with E-state index in [9.17, 15) is 0 Å². The SMILES string of the molecule is C1=Cc2[nH]c3c(c2C=CC1)C=CCC=C3. The number of H-pyrrole nitrogens is 1. The second-order valence-corrected chi connectivity index (χ2v) is 3.86. The molecule has 0 amide bonds. The molecule has 1 aromatic rings. The van der Waals surface area contributed by atoms with Gasteiger partial charge in [-0.3, -0.25) is 0 Å². The molecule has 0 saturated carbocycles. The number of fused-ring (bicyclic) bond motifs is 3. The maximum absolute atomic E-state index is 3.46. The lowest BCUT2D eigenvalue weighted by Gasteiger charge is -1.93. The van der Waals surface area contributed by atoms with Gasteiger partial charge < -0.3 is 4.98 Å². The Morgan fingerprint density at radius 1 is 0.667 bits per heavy atom. The second-order valence-electron chi connectivity index (χ2n) is 3.86. The zero-order chi connectivity index (χ0) is 10.1. The van der Waals surface area contributed by atoms with Crippen LogP contribution in [0.5, 0.6) is 0 Å². The van der Waals surface area contributed by atoms with E-state index in [0.29, 0.717) is 0 Å². The first-order valence-electron chi connectivity index (χ1n) is 5.37. The van der Waals surface area contributed by atoms with Crippen LogP contribution in [0.1, 0.15) is 35.4 Å². The molecular formula is C14H13N. The van der Waals surface area contributed by atoms with Gasteiger partial charge in [0.25, 0.3) is 0 Å². The molecule has 2 aliphatic rings. The number of allylic oxidation sites excluding steroid dienone is 4. The molecular weight excluding hydrogens is 182 g/mol. The summed E-state index contributed by atoms with van der Waals surface area (Å²) in [6.45, 7) is 0. The largest absolute Gasteiger partial charge is 0.355 e. The molecule has 0 radical (unpaired) electrons. The zero-order valence-corrected chi connectivity index (χ0v) is 8.53. The summed E-state index contributed by atoms with van der Waals surface area (Å²) in [5.41, 5.74) is 5.10. The molecule has 2 aliphatic carbocycles. The van der Waals surface area contributed by atoms with Crippen molar-refractivity contribution in [2.45, 2.75) is 12.8 Å². The van der Waals surface area contributed by atoms with Gasteiger partial charge in [0.2, 0.25) is 0 Å². The molecule has 74 valence electrons. The average Bonchev–Trinajstić information content (AvgIpc) is 2.51. The number of nitrogens with one attached hydrogen (secondary N) is 1. The molecule has 3 rings (SSSR count). The van der Waals surface area contributed by atoms with Crippen LogP contribution < -0.4 is 0 Å². The van der Waals surface area contributed by atoms with E-state index in [1.54, 1.807) is 0 Å². The van der Waals surface area contributed by atoms with Crippen LogP contribution in [0.4, 0.5) is 0 Å². The monoisotopic (exact) mass is 195 g/mol. The highest BCUT2D eigenvalue weighted by Crippen LogP contribution is 2.28. The third kappa shape index (κ3) is 1.40. The van der Waals surface area contributed by atoms with E-state index in [-0.39, 0.29) is 0 Å². The predicted molar refractivity (Wildman–Crippen MR) is 66.2 cm³/mol. The fourth-order valence-corrected chi connectivity index (χ4v) is 2.09. The van der Waals surface area contributed by atoms with E-state index in [1.165, 1.54) is 22.5 Å². The Morgan fingerprint density at radius 3 is 1.67 bits per heavy atom. The minimum Gasteiger partial charge on any atom is -0.355 e. The molecule has 15 heavy (non-hydrogen) atoms. The maximum atomic E-state index is 3.46. The molecule has 1 heterocycles. The van der Waals surface area contributed by atoms with Gasteiger partial charge in [-0.25, -0.2) is 0 Å². The number of aromatic nitrogens is 1. The van der Waals surface area contributed by atoms with Crippen LogP contribution in [0.3, 0.4) is 0 Å².